The average Bonchev–Trinajstić information content (AvgIpc) is 2.91. The van der Waals surface area contributed by atoms with Crippen LogP contribution in [0.2, 0.25) is 5.15 Å². The Morgan fingerprint density at radius 1 is 1.10 bits per heavy atom. The summed E-state index contributed by atoms with van der Waals surface area (Å²) in [4.78, 5) is 10.1. The van der Waals surface area contributed by atoms with Gasteiger partial charge in [-0.2, -0.15) is 0 Å². The molecule has 2 aromatic heterocycles. The van der Waals surface area contributed by atoms with Crippen LogP contribution in [0.25, 0.3) is 21.6 Å². The SMILES string of the molecule is CC(C)(C)c1ccc2nc(-c3cccs3)nc(Cl)c2c1. The topological polar surface area (TPSA) is 25.8 Å². The Balaban J connectivity index is 2.20. The molecule has 0 unspecified atom stereocenters. The molecule has 0 saturated carbocycles. The summed E-state index contributed by atoms with van der Waals surface area (Å²) in [7, 11) is 0. The lowest BCUT2D eigenvalue weighted by Crippen LogP contribution is -2.10. The molecule has 0 fully saturated rings. The zero-order chi connectivity index (χ0) is 14.3. The summed E-state index contributed by atoms with van der Waals surface area (Å²) in [5.41, 5.74) is 2.21. The fourth-order valence-corrected chi connectivity index (χ4v) is 2.96. The van der Waals surface area contributed by atoms with E-state index < -0.39 is 0 Å². The van der Waals surface area contributed by atoms with E-state index in [2.05, 4.69) is 42.9 Å². The van der Waals surface area contributed by atoms with Crippen LogP contribution in [0.4, 0.5) is 0 Å². The maximum atomic E-state index is 6.35. The molecule has 0 radical (unpaired) electrons. The lowest BCUT2D eigenvalue weighted by atomic mass is 9.86. The van der Waals surface area contributed by atoms with E-state index in [1.54, 1.807) is 11.3 Å². The van der Waals surface area contributed by atoms with E-state index in [1.165, 1.54) is 5.56 Å². The lowest BCUT2D eigenvalue weighted by Gasteiger charge is -2.19. The van der Waals surface area contributed by atoms with Gasteiger partial charge in [0, 0.05) is 5.39 Å². The monoisotopic (exact) mass is 302 g/mol. The molecule has 0 aliphatic rings. The first kappa shape index (κ1) is 13.5. The number of nitrogens with zero attached hydrogens (tertiary/aromatic N) is 2. The van der Waals surface area contributed by atoms with Crippen LogP contribution in [-0.4, -0.2) is 9.97 Å². The highest BCUT2D eigenvalue weighted by atomic mass is 35.5. The number of thiophene rings is 1. The molecular weight excluding hydrogens is 288 g/mol. The summed E-state index contributed by atoms with van der Waals surface area (Å²) in [5, 5.41) is 3.45. The number of halogens is 1. The van der Waals surface area contributed by atoms with E-state index in [9.17, 15) is 0 Å². The molecule has 20 heavy (non-hydrogen) atoms. The molecule has 3 rings (SSSR count). The van der Waals surface area contributed by atoms with Gasteiger partial charge in [-0.25, -0.2) is 9.97 Å². The molecule has 0 bridgehead atoms. The second kappa shape index (κ2) is 4.83. The van der Waals surface area contributed by atoms with Gasteiger partial charge in [0.05, 0.1) is 10.4 Å². The number of benzene rings is 1. The van der Waals surface area contributed by atoms with E-state index in [-0.39, 0.29) is 5.41 Å². The van der Waals surface area contributed by atoms with E-state index >= 15 is 0 Å². The van der Waals surface area contributed by atoms with Crippen molar-refractivity contribution in [2.24, 2.45) is 0 Å². The molecule has 0 aliphatic carbocycles. The van der Waals surface area contributed by atoms with Gasteiger partial charge in [-0.15, -0.1) is 11.3 Å². The van der Waals surface area contributed by atoms with Crippen LogP contribution in [0.5, 0.6) is 0 Å². The maximum absolute atomic E-state index is 6.35. The standard InChI is InChI=1S/C16H15ClN2S/c1-16(2,3)10-6-7-12-11(9-10)14(17)19-15(18-12)13-5-4-8-20-13/h4-9H,1-3H3. The first-order valence-corrected chi connectivity index (χ1v) is 7.72. The van der Waals surface area contributed by atoms with Gasteiger partial charge < -0.3 is 0 Å². The fraction of sp³-hybridized carbons (Fsp3) is 0.250. The molecule has 0 atom stereocenters. The van der Waals surface area contributed by atoms with Crippen LogP contribution in [0.15, 0.2) is 35.7 Å². The summed E-state index contributed by atoms with van der Waals surface area (Å²) in [6.07, 6.45) is 0. The molecule has 102 valence electrons. The quantitative estimate of drug-likeness (QED) is 0.569. The van der Waals surface area contributed by atoms with Gasteiger partial charge >= 0.3 is 0 Å². The fourth-order valence-electron chi connectivity index (χ4n) is 2.07. The Bertz CT molecular complexity index is 758. The molecule has 3 aromatic rings. The number of fused-ring (bicyclic) bond motifs is 1. The molecule has 4 heteroatoms. The van der Waals surface area contributed by atoms with Crippen molar-refractivity contribution >= 4 is 33.8 Å². The minimum Gasteiger partial charge on any atom is -0.227 e. The highest BCUT2D eigenvalue weighted by Crippen LogP contribution is 2.31. The molecule has 0 saturated heterocycles. The zero-order valence-electron chi connectivity index (χ0n) is 11.6. The highest BCUT2D eigenvalue weighted by Gasteiger charge is 2.16. The Hall–Kier alpha value is -1.45. The van der Waals surface area contributed by atoms with Crippen LogP contribution in [0.3, 0.4) is 0 Å². The van der Waals surface area contributed by atoms with Crippen molar-refractivity contribution < 1.29 is 0 Å². The van der Waals surface area contributed by atoms with Crippen LogP contribution in [0.1, 0.15) is 26.3 Å². The predicted molar refractivity (Wildman–Crippen MR) is 86.6 cm³/mol. The second-order valence-corrected chi connectivity index (χ2v) is 7.10. The van der Waals surface area contributed by atoms with Crippen LogP contribution in [-0.2, 0) is 5.41 Å². The molecule has 2 nitrogen and oxygen atoms in total. The Morgan fingerprint density at radius 2 is 1.90 bits per heavy atom. The Morgan fingerprint density at radius 3 is 2.55 bits per heavy atom. The summed E-state index contributed by atoms with van der Waals surface area (Å²) in [5.74, 6) is 0.695. The maximum Gasteiger partial charge on any atom is 0.171 e. The normalized spacial score (nSPS) is 12.0. The van der Waals surface area contributed by atoms with Crippen molar-refractivity contribution in [3.05, 3.63) is 46.4 Å². The zero-order valence-corrected chi connectivity index (χ0v) is 13.2. The molecule has 0 amide bonds. The number of aromatic nitrogens is 2. The van der Waals surface area contributed by atoms with Crippen LogP contribution in [0, 0.1) is 0 Å². The smallest absolute Gasteiger partial charge is 0.171 e. The van der Waals surface area contributed by atoms with Gasteiger partial charge in [-0.1, -0.05) is 44.5 Å². The van der Waals surface area contributed by atoms with Crippen molar-refractivity contribution in [1.82, 2.24) is 9.97 Å². The third-order valence-corrected chi connectivity index (χ3v) is 4.41. The van der Waals surface area contributed by atoms with E-state index in [4.69, 9.17) is 11.6 Å². The largest absolute Gasteiger partial charge is 0.227 e. The van der Waals surface area contributed by atoms with Crippen molar-refractivity contribution in [2.45, 2.75) is 26.2 Å². The van der Waals surface area contributed by atoms with Gasteiger partial charge in [-0.3, -0.25) is 0 Å². The van der Waals surface area contributed by atoms with E-state index in [0.29, 0.717) is 11.0 Å². The third-order valence-electron chi connectivity index (χ3n) is 3.26. The molecular formula is C16H15ClN2S. The molecule has 0 aliphatic heterocycles. The lowest BCUT2D eigenvalue weighted by molar-refractivity contribution is 0.591. The van der Waals surface area contributed by atoms with Crippen molar-refractivity contribution in [3.63, 3.8) is 0 Å². The summed E-state index contributed by atoms with van der Waals surface area (Å²) in [6.45, 7) is 6.55. The van der Waals surface area contributed by atoms with Gasteiger partial charge in [0.2, 0.25) is 0 Å². The average molecular weight is 303 g/mol. The first-order valence-electron chi connectivity index (χ1n) is 6.47. The predicted octanol–water partition coefficient (Wildman–Crippen LogP) is 5.31. The van der Waals surface area contributed by atoms with Crippen LogP contribution < -0.4 is 0 Å². The van der Waals surface area contributed by atoms with E-state index in [0.717, 1.165) is 15.8 Å². The molecule has 2 heterocycles. The number of rotatable bonds is 1. The summed E-state index contributed by atoms with van der Waals surface area (Å²) in [6, 6.07) is 10.2. The first-order chi connectivity index (χ1) is 9.45. The second-order valence-electron chi connectivity index (χ2n) is 5.80. The van der Waals surface area contributed by atoms with Crippen molar-refractivity contribution in [3.8, 4) is 10.7 Å². The third kappa shape index (κ3) is 2.43. The Kier molecular flexibility index (Phi) is 3.27. The van der Waals surface area contributed by atoms with Crippen LogP contribution >= 0.6 is 22.9 Å². The van der Waals surface area contributed by atoms with E-state index in [1.807, 2.05) is 23.6 Å². The summed E-state index contributed by atoms with van der Waals surface area (Å²) < 4.78 is 0. The van der Waals surface area contributed by atoms with Crippen molar-refractivity contribution in [2.75, 3.05) is 0 Å². The molecule has 0 N–H and O–H groups in total. The minimum absolute atomic E-state index is 0.0872. The number of hydrogen-bond acceptors (Lipinski definition) is 3. The van der Waals surface area contributed by atoms with Crippen molar-refractivity contribution in [1.29, 1.82) is 0 Å². The minimum atomic E-state index is 0.0872. The molecule has 0 spiro atoms. The highest BCUT2D eigenvalue weighted by molar-refractivity contribution is 7.13. The van der Waals surface area contributed by atoms with Gasteiger partial charge in [-0.05, 0) is 34.6 Å². The molecule has 1 aromatic carbocycles. The summed E-state index contributed by atoms with van der Waals surface area (Å²) >= 11 is 7.97. The van der Waals surface area contributed by atoms with Gasteiger partial charge in [0.1, 0.15) is 5.15 Å². The van der Waals surface area contributed by atoms with Gasteiger partial charge in [0.25, 0.3) is 0 Å². The van der Waals surface area contributed by atoms with Gasteiger partial charge in [0.15, 0.2) is 5.82 Å². The number of hydrogen-bond donors (Lipinski definition) is 0. The Labute approximate surface area is 127 Å².